The lowest BCUT2D eigenvalue weighted by atomic mass is 9.81. The third kappa shape index (κ3) is 4.33. The van der Waals surface area contributed by atoms with E-state index in [-0.39, 0.29) is 23.4 Å². The van der Waals surface area contributed by atoms with Crippen molar-refractivity contribution >= 4 is 33.0 Å². The zero-order valence-electron chi connectivity index (χ0n) is 24.9. The van der Waals surface area contributed by atoms with Gasteiger partial charge in [-0.05, 0) is 73.1 Å². The summed E-state index contributed by atoms with van der Waals surface area (Å²) in [6, 6.07) is 11.6. The standard InChI is InChI=1S/C32H39N3O6S/c1-6-41-31(37)32-18-35-26-16-21(30(36)33-42(38,39)34(3)4)12-14-24(26)27(20-10-8-7-9-11-20)29(35)23-15-13-22(40-5)17-25(23)28(32)19(32)2/h12-17,19-20,28H,6-11,18H2,1-5H3,(H,33,36). The zero-order valence-corrected chi connectivity index (χ0v) is 25.7. The fraction of sp³-hybridized carbons (Fsp3) is 0.500. The predicted molar refractivity (Wildman–Crippen MR) is 161 cm³/mol. The van der Waals surface area contributed by atoms with Gasteiger partial charge in [0.15, 0.2) is 0 Å². The van der Waals surface area contributed by atoms with Crippen molar-refractivity contribution in [3.63, 3.8) is 0 Å². The van der Waals surface area contributed by atoms with Gasteiger partial charge in [-0.25, -0.2) is 4.72 Å². The van der Waals surface area contributed by atoms with Gasteiger partial charge in [0.25, 0.3) is 5.91 Å². The predicted octanol–water partition coefficient (Wildman–Crippen LogP) is 5.20. The fourth-order valence-electron chi connectivity index (χ4n) is 7.51. The first-order valence-corrected chi connectivity index (χ1v) is 16.2. The second-order valence-electron chi connectivity index (χ2n) is 12.1. The topological polar surface area (TPSA) is 107 Å². The number of aromatic nitrogens is 1. The lowest BCUT2D eigenvalue weighted by Crippen LogP contribution is -2.39. The number of nitrogens with zero attached hydrogens (tertiary/aromatic N) is 2. The molecule has 2 saturated carbocycles. The molecule has 0 spiro atoms. The Kier molecular flexibility index (Phi) is 7.13. The third-order valence-electron chi connectivity index (χ3n) is 9.76. The molecule has 2 fully saturated rings. The maximum atomic E-state index is 13.7. The lowest BCUT2D eigenvalue weighted by Gasteiger charge is -2.24. The highest BCUT2D eigenvalue weighted by Crippen LogP contribution is 2.70. The Labute approximate surface area is 247 Å². The Morgan fingerprint density at radius 1 is 1.10 bits per heavy atom. The molecule has 0 radical (unpaired) electrons. The van der Waals surface area contributed by atoms with E-state index in [1.165, 1.54) is 26.1 Å². The maximum Gasteiger partial charge on any atom is 0.314 e. The molecule has 0 saturated heterocycles. The SMILES string of the molecule is CCOC(=O)C12Cn3c(c(C4CCCCC4)c4ccc(C(=O)NS(=O)(=O)N(C)C)cc43)-c3ccc(OC)cc3C1C2C. The smallest absolute Gasteiger partial charge is 0.314 e. The highest BCUT2D eigenvalue weighted by molar-refractivity contribution is 7.87. The Morgan fingerprint density at radius 2 is 1.83 bits per heavy atom. The molecule has 1 aromatic heterocycles. The molecule has 9 nitrogen and oxygen atoms in total. The molecule has 42 heavy (non-hydrogen) atoms. The van der Waals surface area contributed by atoms with Crippen LogP contribution in [-0.4, -0.2) is 57.0 Å². The number of fused-ring (bicyclic) bond motifs is 7. The third-order valence-corrected chi connectivity index (χ3v) is 11.2. The van der Waals surface area contributed by atoms with Crippen LogP contribution in [0.3, 0.4) is 0 Å². The highest BCUT2D eigenvalue weighted by atomic mass is 32.2. The number of amides is 1. The van der Waals surface area contributed by atoms with E-state index >= 15 is 0 Å². The molecule has 2 aromatic carbocycles. The summed E-state index contributed by atoms with van der Waals surface area (Å²) in [5, 5.41) is 1.04. The summed E-state index contributed by atoms with van der Waals surface area (Å²) in [5.41, 5.74) is 4.80. The molecule has 3 unspecified atom stereocenters. The van der Waals surface area contributed by atoms with Gasteiger partial charge >= 0.3 is 16.2 Å². The zero-order chi connectivity index (χ0) is 30.0. The number of esters is 1. The minimum absolute atomic E-state index is 0.0347. The van der Waals surface area contributed by atoms with Gasteiger partial charge in [0, 0.05) is 48.6 Å². The maximum absolute atomic E-state index is 13.7. The molecule has 1 aliphatic heterocycles. The number of carbonyl (C=O) groups excluding carboxylic acids is 2. The molecule has 10 heteroatoms. The van der Waals surface area contributed by atoms with Crippen molar-refractivity contribution in [1.82, 2.24) is 13.6 Å². The quantitative estimate of drug-likeness (QED) is 0.378. The summed E-state index contributed by atoms with van der Waals surface area (Å²) in [7, 11) is 0.434. The van der Waals surface area contributed by atoms with E-state index in [9.17, 15) is 18.0 Å². The summed E-state index contributed by atoms with van der Waals surface area (Å²) in [4.78, 5) is 26.9. The molecule has 1 N–H and O–H groups in total. The van der Waals surface area contributed by atoms with Crippen LogP contribution in [0.4, 0.5) is 0 Å². The number of hydrogen-bond acceptors (Lipinski definition) is 6. The molecular weight excluding hydrogens is 554 g/mol. The van der Waals surface area contributed by atoms with Gasteiger partial charge in [-0.1, -0.05) is 32.3 Å². The van der Waals surface area contributed by atoms with E-state index < -0.39 is 21.5 Å². The van der Waals surface area contributed by atoms with Gasteiger partial charge in [0.1, 0.15) is 5.75 Å². The summed E-state index contributed by atoms with van der Waals surface area (Å²) in [6.07, 6.45) is 5.67. The summed E-state index contributed by atoms with van der Waals surface area (Å²) < 4.78 is 41.6. The van der Waals surface area contributed by atoms with E-state index in [0.717, 1.165) is 63.5 Å². The van der Waals surface area contributed by atoms with Crippen LogP contribution in [0, 0.1) is 11.3 Å². The van der Waals surface area contributed by atoms with Crippen molar-refractivity contribution in [1.29, 1.82) is 0 Å². The molecule has 3 aromatic rings. The number of methoxy groups -OCH3 is 1. The van der Waals surface area contributed by atoms with Crippen LogP contribution < -0.4 is 9.46 Å². The van der Waals surface area contributed by atoms with Crippen molar-refractivity contribution in [2.24, 2.45) is 11.3 Å². The van der Waals surface area contributed by atoms with Crippen molar-refractivity contribution in [2.75, 3.05) is 27.8 Å². The number of benzene rings is 2. The van der Waals surface area contributed by atoms with Crippen molar-refractivity contribution in [2.45, 2.75) is 64.3 Å². The van der Waals surface area contributed by atoms with E-state index in [1.807, 2.05) is 19.1 Å². The Bertz CT molecular complexity index is 1690. The van der Waals surface area contributed by atoms with Crippen LogP contribution in [0.1, 0.15) is 79.3 Å². The average molecular weight is 594 g/mol. The minimum atomic E-state index is -3.96. The van der Waals surface area contributed by atoms with Gasteiger partial charge in [-0.15, -0.1) is 0 Å². The molecule has 2 aliphatic carbocycles. The number of carbonyl (C=O) groups is 2. The Hall–Kier alpha value is -3.37. The van der Waals surface area contributed by atoms with Crippen LogP contribution in [0.2, 0.25) is 0 Å². The first-order valence-electron chi connectivity index (χ1n) is 14.8. The van der Waals surface area contributed by atoms with Gasteiger partial charge in [0.2, 0.25) is 0 Å². The molecule has 1 amide bonds. The van der Waals surface area contributed by atoms with Crippen molar-refractivity contribution in [3.05, 3.63) is 53.1 Å². The van der Waals surface area contributed by atoms with E-state index in [4.69, 9.17) is 9.47 Å². The molecule has 224 valence electrons. The summed E-state index contributed by atoms with van der Waals surface area (Å²) >= 11 is 0. The lowest BCUT2D eigenvalue weighted by molar-refractivity contribution is -0.151. The monoisotopic (exact) mass is 593 g/mol. The number of hydrogen-bond donors (Lipinski definition) is 1. The minimum Gasteiger partial charge on any atom is -0.497 e. The molecule has 3 atom stereocenters. The van der Waals surface area contributed by atoms with E-state index in [0.29, 0.717) is 19.1 Å². The van der Waals surface area contributed by atoms with Gasteiger partial charge < -0.3 is 14.0 Å². The second kappa shape index (κ2) is 10.4. The van der Waals surface area contributed by atoms with Gasteiger partial charge in [-0.2, -0.15) is 12.7 Å². The number of ether oxygens (including phenoxy) is 2. The number of nitrogens with one attached hydrogen (secondary N) is 1. The van der Waals surface area contributed by atoms with Crippen LogP contribution in [0.25, 0.3) is 22.2 Å². The molecular formula is C32H39N3O6S. The van der Waals surface area contributed by atoms with E-state index in [2.05, 4.69) is 28.3 Å². The normalized spacial score (nSPS) is 23.5. The summed E-state index contributed by atoms with van der Waals surface area (Å²) in [5.74, 6) is 0.186. The molecule has 6 rings (SSSR count). The van der Waals surface area contributed by atoms with Crippen LogP contribution >= 0.6 is 0 Å². The first kappa shape index (κ1) is 28.7. The van der Waals surface area contributed by atoms with Crippen LogP contribution in [-0.2, 0) is 26.3 Å². The van der Waals surface area contributed by atoms with E-state index in [1.54, 1.807) is 19.2 Å². The average Bonchev–Trinajstić information content (AvgIpc) is 3.49. The molecule has 0 bridgehead atoms. The first-order chi connectivity index (χ1) is 20.0. The van der Waals surface area contributed by atoms with Crippen LogP contribution in [0.15, 0.2) is 36.4 Å². The molecule has 3 aliphatic rings. The fourth-order valence-corrected chi connectivity index (χ4v) is 8.04. The van der Waals surface area contributed by atoms with Gasteiger partial charge in [-0.3, -0.25) is 9.59 Å². The van der Waals surface area contributed by atoms with Gasteiger partial charge in [0.05, 0.1) is 24.8 Å². The van der Waals surface area contributed by atoms with Crippen molar-refractivity contribution < 1.29 is 27.5 Å². The van der Waals surface area contributed by atoms with Crippen molar-refractivity contribution in [3.8, 4) is 17.0 Å². The number of rotatable bonds is 7. The Balaban J connectivity index is 1.62. The Morgan fingerprint density at radius 3 is 2.50 bits per heavy atom. The summed E-state index contributed by atoms with van der Waals surface area (Å²) in [6.45, 7) is 4.64. The largest absolute Gasteiger partial charge is 0.497 e. The molecule has 2 heterocycles. The van der Waals surface area contributed by atoms with Crippen LogP contribution in [0.5, 0.6) is 5.75 Å². The second-order valence-corrected chi connectivity index (χ2v) is 14.0. The highest BCUT2D eigenvalue weighted by Gasteiger charge is 2.70.